The molecule has 23 heavy (non-hydrogen) atoms. The Hall–Kier alpha value is -1.09. The first-order valence-corrected chi connectivity index (χ1v) is 8.61. The van der Waals surface area contributed by atoms with Gasteiger partial charge in [-0.25, -0.2) is 4.99 Å². The third-order valence-electron chi connectivity index (χ3n) is 3.20. The molecule has 0 saturated heterocycles. The van der Waals surface area contributed by atoms with Crippen LogP contribution in [0.1, 0.15) is 42.0 Å². The van der Waals surface area contributed by atoms with E-state index in [0.29, 0.717) is 6.54 Å². The van der Waals surface area contributed by atoms with E-state index < -0.39 is 0 Å². The van der Waals surface area contributed by atoms with Crippen molar-refractivity contribution in [3.8, 4) is 0 Å². The predicted molar refractivity (Wildman–Crippen MR) is 107 cm³/mol. The molecule has 0 aliphatic heterocycles. The molecular formula is C16H25IN4OS. The SMILES string of the molecule is CCNC(=NCc1cc(CC)no1)NCc1ccc(CC)s1.I. The van der Waals surface area contributed by atoms with Gasteiger partial charge >= 0.3 is 0 Å². The molecule has 5 nitrogen and oxygen atoms in total. The van der Waals surface area contributed by atoms with Crippen molar-refractivity contribution in [3.05, 3.63) is 39.4 Å². The highest BCUT2D eigenvalue weighted by molar-refractivity contribution is 14.0. The summed E-state index contributed by atoms with van der Waals surface area (Å²) in [4.78, 5) is 7.26. The minimum absolute atomic E-state index is 0. The number of guanidine groups is 1. The molecule has 0 aliphatic carbocycles. The van der Waals surface area contributed by atoms with Gasteiger partial charge in [0.15, 0.2) is 11.7 Å². The van der Waals surface area contributed by atoms with Gasteiger partial charge in [0.1, 0.15) is 6.54 Å². The Morgan fingerprint density at radius 3 is 2.57 bits per heavy atom. The molecule has 0 aromatic carbocycles. The molecule has 0 radical (unpaired) electrons. The Bertz CT molecular complexity index is 609. The van der Waals surface area contributed by atoms with E-state index >= 15 is 0 Å². The second-order valence-corrected chi connectivity index (χ2v) is 6.16. The zero-order valence-electron chi connectivity index (χ0n) is 13.9. The van der Waals surface area contributed by atoms with E-state index in [1.807, 2.05) is 17.4 Å². The lowest BCUT2D eigenvalue weighted by molar-refractivity contribution is 0.379. The van der Waals surface area contributed by atoms with Gasteiger partial charge in [-0.3, -0.25) is 0 Å². The van der Waals surface area contributed by atoms with Crippen LogP contribution >= 0.6 is 35.3 Å². The maximum Gasteiger partial charge on any atom is 0.191 e. The largest absolute Gasteiger partial charge is 0.359 e. The summed E-state index contributed by atoms with van der Waals surface area (Å²) < 4.78 is 5.25. The summed E-state index contributed by atoms with van der Waals surface area (Å²) in [5, 5.41) is 10.6. The molecule has 0 aliphatic rings. The fourth-order valence-electron chi connectivity index (χ4n) is 1.97. The fraction of sp³-hybridized carbons (Fsp3) is 0.500. The van der Waals surface area contributed by atoms with E-state index in [2.05, 4.69) is 53.7 Å². The van der Waals surface area contributed by atoms with Crippen LogP contribution in [-0.2, 0) is 25.9 Å². The van der Waals surface area contributed by atoms with Gasteiger partial charge < -0.3 is 15.2 Å². The molecule has 0 spiro atoms. The monoisotopic (exact) mass is 448 g/mol. The van der Waals surface area contributed by atoms with Gasteiger partial charge in [-0.15, -0.1) is 35.3 Å². The number of aryl methyl sites for hydroxylation is 2. The van der Waals surface area contributed by atoms with Crippen LogP contribution in [0.25, 0.3) is 0 Å². The van der Waals surface area contributed by atoms with Gasteiger partial charge in [-0.05, 0) is 31.9 Å². The molecule has 0 bridgehead atoms. The molecule has 0 fully saturated rings. The molecule has 0 atom stereocenters. The summed E-state index contributed by atoms with van der Waals surface area (Å²) in [6, 6.07) is 6.32. The average molecular weight is 448 g/mol. The minimum Gasteiger partial charge on any atom is -0.359 e. The maximum atomic E-state index is 5.25. The van der Waals surface area contributed by atoms with Crippen LogP contribution in [0.15, 0.2) is 27.7 Å². The van der Waals surface area contributed by atoms with Crippen molar-refractivity contribution in [3.63, 3.8) is 0 Å². The van der Waals surface area contributed by atoms with Crippen LogP contribution in [0.4, 0.5) is 0 Å². The molecule has 2 heterocycles. The van der Waals surface area contributed by atoms with Crippen LogP contribution in [0, 0.1) is 0 Å². The van der Waals surface area contributed by atoms with Gasteiger partial charge in [0.2, 0.25) is 0 Å². The molecule has 128 valence electrons. The minimum atomic E-state index is 0. The first-order chi connectivity index (χ1) is 10.7. The van der Waals surface area contributed by atoms with Crippen molar-refractivity contribution < 1.29 is 4.52 Å². The summed E-state index contributed by atoms with van der Waals surface area (Å²) in [6.07, 6.45) is 1.97. The third kappa shape index (κ3) is 6.50. The van der Waals surface area contributed by atoms with Gasteiger partial charge in [0.25, 0.3) is 0 Å². The smallest absolute Gasteiger partial charge is 0.191 e. The standard InChI is InChI=1S/C16H24N4OS.HI/c1-4-12-9-13(21-20-12)10-18-16(17-6-3)19-11-15-8-7-14(5-2)22-15;/h7-9H,4-6,10-11H2,1-3H3,(H2,17,18,19);1H. The van der Waals surface area contributed by atoms with Crippen molar-refractivity contribution in [1.29, 1.82) is 0 Å². The summed E-state index contributed by atoms with van der Waals surface area (Å²) in [5.41, 5.74) is 0.967. The average Bonchev–Trinajstić information content (AvgIpc) is 3.18. The Morgan fingerprint density at radius 1 is 1.17 bits per heavy atom. The van der Waals surface area contributed by atoms with Crippen LogP contribution in [-0.4, -0.2) is 17.7 Å². The number of thiophene rings is 1. The number of aliphatic imine (C=N–C) groups is 1. The van der Waals surface area contributed by atoms with Crippen molar-refractivity contribution in [1.82, 2.24) is 15.8 Å². The topological polar surface area (TPSA) is 62.5 Å². The van der Waals surface area contributed by atoms with Crippen molar-refractivity contribution in [2.45, 2.75) is 46.7 Å². The quantitative estimate of drug-likeness (QED) is 0.385. The lowest BCUT2D eigenvalue weighted by Crippen LogP contribution is -2.36. The highest BCUT2D eigenvalue weighted by Gasteiger charge is 2.04. The van der Waals surface area contributed by atoms with E-state index in [9.17, 15) is 0 Å². The normalized spacial score (nSPS) is 11.2. The number of nitrogens with one attached hydrogen (secondary N) is 2. The van der Waals surface area contributed by atoms with Gasteiger partial charge in [-0.2, -0.15) is 0 Å². The molecule has 2 rings (SSSR count). The first kappa shape index (κ1) is 20.0. The Morgan fingerprint density at radius 2 is 1.96 bits per heavy atom. The molecule has 0 amide bonds. The van der Waals surface area contributed by atoms with Gasteiger partial charge in [0.05, 0.1) is 12.2 Å². The van der Waals surface area contributed by atoms with E-state index in [1.54, 1.807) is 0 Å². The summed E-state index contributed by atoms with van der Waals surface area (Å²) in [7, 11) is 0. The Labute approximate surface area is 159 Å². The highest BCUT2D eigenvalue weighted by Crippen LogP contribution is 2.16. The number of hydrogen-bond acceptors (Lipinski definition) is 4. The maximum absolute atomic E-state index is 5.25. The van der Waals surface area contributed by atoms with Crippen LogP contribution in [0.5, 0.6) is 0 Å². The third-order valence-corrected chi connectivity index (χ3v) is 4.43. The molecule has 0 saturated carbocycles. The van der Waals surface area contributed by atoms with Gasteiger partial charge in [0, 0.05) is 22.4 Å². The van der Waals surface area contributed by atoms with E-state index in [0.717, 1.165) is 43.3 Å². The van der Waals surface area contributed by atoms with Crippen molar-refractivity contribution in [2.75, 3.05) is 6.54 Å². The van der Waals surface area contributed by atoms with Crippen LogP contribution in [0.3, 0.4) is 0 Å². The molecule has 0 unspecified atom stereocenters. The molecule has 2 aromatic heterocycles. The number of nitrogens with zero attached hydrogens (tertiary/aromatic N) is 2. The molecule has 7 heteroatoms. The first-order valence-electron chi connectivity index (χ1n) is 7.79. The lowest BCUT2D eigenvalue weighted by atomic mass is 10.3. The zero-order chi connectivity index (χ0) is 15.8. The van der Waals surface area contributed by atoms with Crippen molar-refractivity contribution in [2.24, 2.45) is 4.99 Å². The number of hydrogen-bond donors (Lipinski definition) is 2. The number of rotatable bonds is 7. The zero-order valence-corrected chi connectivity index (χ0v) is 17.0. The second-order valence-electron chi connectivity index (χ2n) is 4.91. The Kier molecular flexibility index (Phi) is 9.23. The fourth-order valence-corrected chi connectivity index (χ4v) is 2.87. The Balaban J connectivity index is 0.00000264. The number of aromatic nitrogens is 1. The summed E-state index contributed by atoms with van der Waals surface area (Å²) in [5.74, 6) is 1.59. The highest BCUT2D eigenvalue weighted by atomic mass is 127. The molecule has 2 aromatic rings. The van der Waals surface area contributed by atoms with E-state index in [1.165, 1.54) is 9.75 Å². The van der Waals surface area contributed by atoms with Crippen LogP contribution in [0.2, 0.25) is 0 Å². The van der Waals surface area contributed by atoms with E-state index in [4.69, 9.17) is 4.52 Å². The summed E-state index contributed by atoms with van der Waals surface area (Å²) >= 11 is 1.84. The predicted octanol–water partition coefficient (Wildman–Crippen LogP) is 3.73. The van der Waals surface area contributed by atoms with E-state index in [-0.39, 0.29) is 24.0 Å². The second kappa shape index (κ2) is 10.6. The van der Waals surface area contributed by atoms with Crippen molar-refractivity contribution >= 4 is 41.3 Å². The molecular weight excluding hydrogens is 423 g/mol. The summed E-state index contributed by atoms with van der Waals surface area (Å²) in [6.45, 7) is 8.40. The van der Waals surface area contributed by atoms with Crippen LogP contribution < -0.4 is 10.6 Å². The lowest BCUT2D eigenvalue weighted by Gasteiger charge is -2.09. The number of halogens is 1. The molecule has 2 N–H and O–H groups in total. The van der Waals surface area contributed by atoms with Gasteiger partial charge in [-0.1, -0.05) is 19.0 Å².